The van der Waals surface area contributed by atoms with Gasteiger partial charge in [-0.15, -0.1) is 0 Å². The largest absolute Gasteiger partial charge is 0.384 e. The molecule has 0 fully saturated rings. The van der Waals surface area contributed by atoms with Crippen LogP contribution in [0.4, 0.5) is 26.0 Å². The van der Waals surface area contributed by atoms with Gasteiger partial charge in [-0.05, 0) is 18.2 Å². The average molecular weight is 294 g/mol. The zero-order valence-electron chi connectivity index (χ0n) is 10.3. The third-order valence-corrected chi connectivity index (χ3v) is 2.50. The summed E-state index contributed by atoms with van der Waals surface area (Å²) in [6, 6.07) is 3.76. The fourth-order valence-electron chi connectivity index (χ4n) is 1.55. The first-order chi connectivity index (χ1) is 9.88. The van der Waals surface area contributed by atoms with Gasteiger partial charge < -0.3 is 11.1 Å². The monoisotopic (exact) mass is 294 g/mol. The number of nitrogens with zero attached hydrogens (tertiary/aromatic N) is 2. The number of anilines is 2. The summed E-state index contributed by atoms with van der Waals surface area (Å²) >= 11 is 0. The second kappa shape index (κ2) is 5.49. The maximum absolute atomic E-state index is 13.8. The van der Waals surface area contributed by atoms with Crippen LogP contribution in [0, 0.1) is 21.7 Å². The molecule has 9 heteroatoms. The molecular formula is C12H8F2N4O3. The molecule has 1 heterocycles. The van der Waals surface area contributed by atoms with Crippen molar-refractivity contribution in [2.24, 2.45) is 0 Å². The lowest BCUT2D eigenvalue weighted by Crippen LogP contribution is -2.15. The van der Waals surface area contributed by atoms with Crippen LogP contribution in [0.5, 0.6) is 0 Å². The minimum Gasteiger partial charge on any atom is -0.384 e. The predicted octanol–water partition coefficient (Wildman–Crippen LogP) is 2.10. The highest BCUT2D eigenvalue weighted by molar-refractivity contribution is 6.04. The van der Waals surface area contributed by atoms with Gasteiger partial charge in [-0.25, -0.2) is 9.37 Å². The standard InChI is InChI=1S/C12H8F2N4O3/c13-6-3-8(11(14)9(4-6)18(20)21)12(19)17-7-1-2-10(15)16-5-7/h1-5H,(H2,15,16)(H,17,19). The molecule has 2 rings (SSSR count). The fourth-order valence-corrected chi connectivity index (χ4v) is 1.55. The number of pyridine rings is 1. The van der Waals surface area contributed by atoms with Crippen LogP contribution in [0.25, 0.3) is 0 Å². The van der Waals surface area contributed by atoms with Crippen molar-refractivity contribution in [2.45, 2.75) is 0 Å². The van der Waals surface area contributed by atoms with E-state index in [9.17, 15) is 23.7 Å². The van der Waals surface area contributed by atoms with Crippen LogP contribution >= 0.6 is 0 Å². The van der Waals surface area contributed by atoms with Gasteiger partial charge in [0.15, 0.2) is 0 Å². The number of rotatable bonds is 3. The summed E-state index contributed by atoms with van der Waals surface area (Å²) in [6.45, 7) is 0. The molecule has 0 saturated heterocycles. The number of carbonyl (C=O) groups is 1. The van der Waals surface area contributed by atoms with E-state index in [1.165, 1.54) is 18.3 Å². The molecule has 21 heavy (non-hydrogen) atoms. The molecule has 0 unspecified atom stereocenters. The number of nitro groups is 1. The van der Waals surface area contributed by atoms with Gasteiger partial charge >= 0.3 is 5.69 Å². The third kappa shape index (κ3) is 3.08. The summed E-state index contributed by atoms with van der Waals surface area (Å²) in [6.07, 6.45) is 1.21. The number of nitro benzene ring substituents is 1. The summed E-state index contributed by atoms with van der Waals surface area (Å²) in [4.78, 5) is 25.0. The summed E-state index contributed by atoms with van der Waals surface area (Å²) in [5.41, 5.74) is 3.64. The Kier molecular flexibility index (Phi) is 3.74. The van der Waals surface area contributed by atoms with E-state index in [0.717, 1.165) is 0 Å². The maximum Gasteiger partial charge on any atom is 0.308 e. The molecule has 2 aromatic rings. The Bertz CT molecular complexity index is 719. The fraction of sp³-hybridized carbons (Fsp3) is 0. The van der Waals surface area contributed by atoms with Crippen molar-refractivity contribution in [3.05, 3.63) is 57.8 Å². The molecule has 1 aromatic heterocycles. The first kappa shape index (κ1) is 14.3. The second-order valence-corrected chi connectivity index (χ2v) is 3.97. The normalized spacial score (nSPS) is 10.2. The van der Waals surface area contributed by atoms with Crippen molar-refractivity contribution in [1.82, 2.24) is 4.98 Å². The van der Waals surface area contributed by atoms with E-state index in [0.29, 0.717) is 12.1 Å². The lowest BCUT2D eigenvalue weighted by molar-refractivity contribution is -0.387. The van der Waals surface area contributed by atoms with Crippen molar-refractivity contribution < 1.29 is 18.5 Å². The summed E-state index contributed by atoms with van der Waals surface area (Å²) in [7, 11) is 0. The molecule has 0 radical (unpaired) electrons. The zero-order chi connectivity index (χ0) is 15.6. The minimum atomic E-state index is -1.41. The van der Waals surface area contributed by atoms with Gasteiger partial charge in [0.2, 0.25) is 5.82 Å². The first-order valence-corrected chi connectivity index (χ1v) is 5.55. The Morgan fingerprint density at radius 3 is 2.62 bits per heavy atom. The lowest BCUT2D eigenvalue weighted by Gasteiger charge is -2.06. The highest BCUT2D eigenvalue weighted by Crippen LogP contribution is 2.23. The van der Waals surface area contributed by atoms with Crippen LogP contribution in [0.2, 0.25) is 0 Å². The van der Waals surface area contributed by atoms with E-state index in [2.05, 4.69) is 10.3 Å². The molecule has 0 saturated carbocycles. The Morgan fingerprint density at radius 1 is 1.33 bits per heavy atom. The van der Waals surface area contributed by atoms with Crippen molar-refractivity contribution in [1.29, 1.82) is 0 Å². The van der Waals surface area contributed by atoms with Crippen molar-refractivity contribution in [3.63, 3.8) is 0 Å². The SMILES string of the molecule is Nc1ccc(NC(=O)c2cc(F)cc([N+](=O)[O-])c2F)cn1. The van der Waals surface area contributed by atoms with Crippen molar-refractivity contribution >= 4 is 23.1 Å². The Labute approximate surface area is 116 Å². The molecule has 0 aliphatic heterocycles. The predicted molar refractivity (Wildman–Crippen MR) is 69.6 cm³/mol. The Morgan fingerprint density at radius 2 is 2.05 bits per heavy atom. The topological polar surface area (TPSA) is 111 Å². The van der Waals surface area contributed by atoms with Crippen molar-refractivity contribution in [2.75, 3.05) is 11.1 Å². The van der Waals surface area contributed by atoms with E-state index in [1.54, 1.807) is 0 Å². The molecule has 0 aliphatic rings. The van der Waals surface area contributed by atoms with Crippen molar-refractivity contribution in [3.8, 4) is 0 Å². The van der Waals surface area contributed by atoms with Gasteiger partial charge in [-0.1, -0.05) is 0 Å². The first-order valence-electron chi connectivity index (χ1n) is 5.55. The molecule has 3 N–H and O–H groups in total. The molecule has 1 aromatic carbocycles. The number of nitrogens with one attached hydrogen (secondary N) is 1. The minimum absolute atomic E-state index is 0.181. The average Bonchev–Trinajstić information content (AvgIpc) is 2.43. The number of amides is 1. The van der Waals surface area contributed by atoms with E-state index in [1.807, 2.05) is 0 Å². The Balaban J connectivity index is 2.35. The molecule has 0 atom stereocenters. The zero-order valence-corrected chi connectivity index (χ0v) is 10.3. The molecular weight excluding hydrogens is 286 g/mol. The van der Waals surface area contributed by atoms with Crippen LogP contribution in [0.1, 0.15) is 10.4 Å². The molecule has 0 spiro atoms. The second-order valence-electron chi connectivity index (χ2n) is 3.97. The molecule has 1 amide bonds. The highest BCUT2D eigenvalue weighted by atomic mass is 19.1. The van der Waals surface area contributed by atoms with Crippen LogP contribution < -0.4 is 11.1 Å². The summed E-state index contributed by atoms with van der Waals surface area (Å²) < 4.78 is 27.1. The number of benzene rings is 1. The number of aromatic nitrogens is 1. The number of hydrogen-bond donors (Lipinski definition) is 2. The van der Waals surface area contributed by atoms with Gasteiger partial charge in [-0.3, -0.25) is 14.9 Å². The van der Waals surface area contributed by atoms with E-state index >= 15 is 0 Å². The number of halogens is 2. The van der Waals surface area contributed by atoms with Gasteiger partial charge in [-0.2, -0.15) is 4.39 Å². The van der Waals surface area contributed by atoms with E-state index in [4.69, 9.17) is 5.73 Å². The van der Waals surface area contributed by atoms with Gasteiger partial charge in [0.1, 0.15) is 11.6 Å². The van der Waals surface area contributed by atoms with Crippen LogP contribution in [-0.2, 0) is 0 Å². The van der Waals surface area contributed by atoms with Crippen LogP contribution in [0.15, 0.2) is 30.5 Å². The number of hydrogen-bond acceptors (Lipinski definition) is 5. The Hall–Kier alpha value is -3.10. The quantitative estimate of drug-likeness (QED) is 0.665. The maximum atomic E-state index is 13.8. The molecule has 0 bridgehead atoms. The molecule has 0 aliphatic carbocycles. The van der Waals surface area contributed by atoms with Gasteiger partial charge in [0, 0.05) is 0 Å². The van der Waals surface area contributed by atoms with E-state index in [-0.39, 0.29) is 11.5 Å². The van der Waals surface area contributed by atoms with Crippen LogP contribution in [-0.4, -0.2) is 15.8 Å². The number of nitrogen functional groups attached to an aromatic ring is 1. The van der Waals surface area contributed by atoms with Gasteiger partial charge in [0.25, 0.3) is 5.91 Å². The van der Waals surface area contributed by atoms with Crippen LogP contribution in [0.3, 0.4) is 0 Å². The summed E-state index contributed by atoms with van der Waals surface area (Å²) in [5, 5.41) is 12.8. The summed E-state index contributed by atoms with van der Waals surface area (Å²) in [5.74, 6) is -3.34. The lowest BCUT2D eigenvalue weighted by atomic mass is 10.1. The number of nitrogens with two attached hydrogens (primary N) is 1. The number of carbonyl (C=O) groups excluding carboxylic acids is 1. The smallest absolute Gasteiger partial charge is 0.308 e. The van der Waals surface area contributed by atoms with E-state index < -0.39 is 33.7 Å². The molecule has 7 nitrogen and oxygen atoms in total. The van der Waals surface area contributed by atoms with Gasteiger partial charge in [0.05, 0.1) is 28.4 Å². The third-order valence-electron chi connectivity index (χ3n) is 2.50. The molecule has 108 valence electrons. The highest BCUT2D eigenvalue weighted by Gasteiger charge is 2.24.